The normalized spacial score (nSPS) is 12.3. The van der Waals surface area contributed by atoms with Gasteiger partial charge < -0.3 is 4.90 Å². The number of thiol groups is 1. The van der Waals surface area contributed by atoms with Gasteiger partial charge >= 0.3 is 0 Å². The Kier molecular flexibility index (Phi) is 7.81. The van der Waals surface area contributed by atoms with Crippen molar-refractivity contribution in [3.05, 3.63) is 21.3 Å². The van der Waals surface area contributed by atoms with Crippen LogP contribution in [0.25, 0.3) is 0 Å². The Morgan fingerprint density at radius 1 is 1.26 bits per heavy atom. The second kappa shape index (κ2) is 8.56. The predicted molar refractivity (Wildman–Crippen MR) is 91.8 cm³/mol. The standard InChI is InChI=1S/C15H26ClNS2/c1-4-8-15(12-18,9-5-2)11-17(3)10-13-6-7-14(16)19-13/h6-7,18H,4-5,8-12H2,1-3H3. The van der Waals surface area contributed by atoms with E-state index in [4.69, 9.17) is 11.6 Å². The number of hydrogen-bond acceptors (Lipinski definition) is 3. The molecule has 0 aliphatic heterocycles. The Hall–Kier alpha value is 0.300. The summed E-state index contributed by atoms with van der Waals surface area (Å²) in [7, 11) is 2.21. The largest absolute Gasteiger partial charge is 0.301 e. The van der Waals surface area contributed by atoms with Crippen LogP contribution in [0.5, 0.6) is 0 Å². The van der Waals surface area contributed by atoms with Crippen LogP contribution in [0.4, 0.5) is 0 Å². The molecule has 0 aromatic carbocycles. The van der Waals surface area contributed by atoms with Gasteiger partial charge in [0.1, 0.15) is 0 Å². The van der Waals surface area contributed by atoms with E-state index in [9.17, 15) is 0 Å². The maximum Gasteiger partial charge on any atom is 0.0931 e. The summed E-state index contributed by atoms with van der Waals surface area (Å²) in [5.74, 6) is 0.976. The van der Waals surface area contributed by atoms with Crippen molar-refractivity contribution in [2.75, 3.05) is 19.3 Å². The third-order valence-corrected chi connectivity index (χ3v) is 5.44. The lowest BCUT2D eigenvalue weighted by Gasteiger charge is -2.36. The zero-order chi connectivity index (χ0) is 14.3. The van der Waals surface area contributed by atoms with E-state index in [1.807, 2.05) is 6.07 Å². The first-order chi connectivity index (χ1) is 9.05. The van der Waals surface area contributed by atoms with Crippen molar-refractivity contribution >= 4 is 35.6 Å². The van der Waals surface area contributed by atoms with Crippen LogP contribution in [-0.2, 0) is 6.54 Å². The van der Waals surface area contributed by atoms with Crippen LogP contribution in [0.3, 0.4) is 0 Å². The molecule has 0 spiro atoms. The summed E-state index contributed by atoms with van der Waals surface area (Å²) in [5.41, 5.74) is 0.364. The minimum atomic E-state index is 0.364. The molecular weight excluding hydrogens is 294 g/mol. The molecular formula is C15H26ClNS2. The number of rotatable bonds is 9. The Morgan fingerprint density at radius 2 is 1.89 bits per heavy atom. The Bertz CT molecular complexity index is 359. The fraction of sp³-hybridized carbons (Fsp3) is 0.733. The highest BCUT2D eigenvalue weighted by atomic mass is 35.5. The van der Waals surface area contributed by atoms with Crippen molar-refractivity contribution in [3.8, 4) is 0 Å². The average Bonchev–Trinajstić information content (AvgIpc) is 2.75. The van der Waals surface area contributed by atoms with E-state index in [2.05, 4.69) is 44.5 Å². The first-order valence-corrected chi connectivity index (χ1v) is 8.91. The van der Waals surface area contributed by atoms with Crippen molar-refractivity contribution in [2.24, 2.45) is 5.41 Å². The van der Waals surface area contributed by atoms with Gasteiger partial charge in [0.15, 0.2) is 0 Å². The van der Waals surface area contributed by atoms with Crippen LogP contribution in [0.15, 0.2) is 12.1 Å². The number of nitrogens with zero attached hydrogens (tertiary/aromatic N) is 1. The quantitative estimate of drug-likeness (QED) is 0.600. The first kappa shape index (κ1) is 17.4. The van der Waals surface area contributed by atoms with Gasteiger partial charge in [-0.05, 0) is 43.2 Å². The molecule has 1 nitrogen and oxygen atoms in total. The van der Waals surface area contributed by atoms with Gasteiger partial charge in [-0.1, -0.05) is 38.3 Å². The molecule has 0 aliphatic rings. The third-order valence-electron chi connectivity index (χ3n) is 3.56. The lowest BCUT2D eigenvalue weighted by atomic mass is 9.80. The molecule has 0 aliphatic carbocycles. The predicted octanol–water partition coefficient (Wildman–Crippen LogP) is 5.35. The van der Waals surface area contributed by atoms with Crippen LogP contribution < -0.4 is 0 Å². The highest BCUT2D eigenvalue weighted by Crippen LogP contribution is 2.33. The summed E-state index contributed by atoms with van der Waals surface area (Å²) in [6.45, 7) is 6.65. The van der Waals surface area contributed by atoms with E-state index in [1.54, 1.807) is 11.3 Å². The summed E-state index contributed by atoms with van der Waals surface area (Å²) in [6, 6.07) is 4.12. The van der Waals surface area contributed by atoms with Crippen LogP contribution >= 0.6 is 35.6 Å². The summed E-state index contributed by atoms with van der Waals surface area (Å²) >= 11 is 12.3. The summed E-state index contributed by atoms with van der Waals surface area (Å²) in [4.78, 5) is 3.76. The van der Waals surface area contributed by atoms with Gasteiger partial charge in [0.05, 0.1) is 4.34 Å². The van der Waals surface area contributed by atoms with Crippen LogP contribution in [-0.4, -0.2) is 24.2 Å². The molecule has 4 heteroatoms. The highest BCUT2D eigenvalue weighted by Gasteiger charge is 2.28. The minimum absolute atomic E-state index is 0.364. The summed E-state index contributed by atoms with van der Waals surface area (Å²) in [6.07, 6.45) is 5.00. The van der Waals surface area contributed by atoms with Crippen LogP contribution in [0.1, 0.15) is 44.4 Å². The van der Waals surface area contributed by atoms with Gasteiger partial charge in [-0.3, -0.25) is 0 Å². The molecule has 0 atom stereocenters. The van der Waals surface area contributed by atoms with Gasteiger partial charge in [0.25, 0.3) is 0 Å². The smallest absolute Gasteiger partial charge is 0.0931 e. The molecule has 19 heavy (non-hydrogen) atoms. The van der Waals surface area contributed by atoms with Crippen molar-refractivity contribution in [3.63, 3.8) is 0 Å². The van der Waals surface area contributed by atoms with Crippen LogP contribution in [0, 0.1) is 5.41 Å². The van der Waals surface area contributed by atoms with Gasteiger partial charge in [-0.2, -0.15) is 12.6 Å². The zero-order valence-corrected chi connectivity index (χ0v) is 14.8. The monoisotopic (exact) mass is 319 g/mol. The van der Waals surface area contributed by atoms with Crippen LogP contribution in [0.2, 0.25) is 4.34 Å². The minimum Gasteiger partial charge on any atom is -0.301 e. The van der Waals surface area contributed by atoms with Crippen molar-refractivity contribution in [2.45, 2.75) is 46.1 Å². The third kappa shape index (κ3) is 5.66. The number of halogens is 1. The summed E-state index contributed by atoms with van der Waals surface area (Å²) in [5, 5.41) is 0. The molecule has 1 rings (SSSR count). The van der Waals surface area contributed by atoms with E-state index < -0.39 is 0 Å². The van der Waals surface area contributed by atoms with E-state index in [-0.39, 0.29) is 0 Å². The molecule has 0 N–H and O–H groups in total. The second-order valence-corrected chi connectivity index (χ2v) is 7.65. The van der Waals surface area contributed by atoms with Gasteiger partial charge in [-0.15, -0.1) is 11.3 Å². The molecule has 1 aromatic heterocycles. The highest BCUT2D eigenvalue weighted by molar-refractivity contribution is 7.80. The fourth-order valence-electron chi connectivity index (χ4n) is 2.88. The molecule has 0 amide bonds. The number of hydrogen-bond donors (Lipinski definition) is 1. The lowest BCUT2D eigenvalue weighted by Crippen LogP contribution is -2.36. The molecule has 1 heterocycles. The molecule has 0 unspecified atom stereocenters. The second-order valence-electron chi connectivity index (χ2n) is 5.54. The Labute approximate surface area is 132 Å². The van der Waals surface area contributed by atoms with E-state index in [1.165, 1.54) is 30.6 Å². The molecule has 0 fully saturated rings. The first-order valence-electron chi connectivity index (χ1n) is 7.09. The van der Waals surface area contributed by atoms with Gasteiger partial charge in [-0.25, -0.2) is 0 Å². The maximum absolute atomic E-state index is 5.99. The lowest BCUT2D eigenvalue weighted by molar-refractivity contribution is 0.166. The number of thiophene rings is 1. The maximum atomic E-state index is 5.99. The molecule has 1 aromatic rings. The van der Waals surface area contributed by atoms with E-state index in [0.29, 0.717) is 5.41 Å². The van der Waals surface area contributed by atoms with E-state index in [0.717, 1.165) is 23.2 Å². The average molecular weight is 320 g/mol. The fourth-order valence-corrected chi connectivity index (χ4v) is 4.47. The van der Waals surface area contributed by atoms with Gasteiger partial charge in [0.2, 0.25) is 0 Å². The molecule has 110 valence electrons. The van der Waals surface area contributed by atoms with Crippen molar-refractivity contribution in [1.82, 2.24) is 4.90 Å². The molecule has 0 saturated carbocycles. The Morgan fingerprint density at radius 3 is 2.32 bits per heavy atom. The zero-order valence-electron chi connectivity index (χ0n) is 12.3. The SMILES string of the molecule is CCCC(CS)(CCC)CN(C)Cc1ccc(Cl)s1. The molecule has 0 radical (unpaired) electrons. The van der Waals surface area contributed by atoms with Crippen molar-refractivity contribution in [1.29, 1.82) is 0 Å². The molecule has 0 bridgehead atoms. The van der Waals surface area contributed by atoms with Crippen molar-refractivity contribution < 1.29 is 0 Å². The summed E-state index contributed by atoms with van der Waals surface area (Å²) < 4.78 is 0.881. The van der Waals surface area contributed by atoms with Gasteiger partial charge in [0, 0.05) is 18.0 Å². The topological polar surface area (TPSA) is 3.24 Å². The Balaban J connectivity index is 2.61. The molecule has 0 saturated heterocycles. The van der Waals surface area contributed by atoms with E-state index >= 15 is 0 Å².